The number of hydrogen-bond acceptors (Lipinski definition) is 6. The van der Waals surface area contributed by atoms with E-state index in [1.807, 2.05) is 0 Å². The Kier molecular flexibility index (Phi) is 2.35. The average molecular weight is 278 g/mol. The van der Waals surface area contributed by atoms with Crippen LogP contribution in [-0.4, -0.2) is 23.9 Å². The van der Waals surface area contributed by atoms with Gasteiger partial charge in [0.2, 0.25) is 0 Å². The Morgan fingerprint density at radius 1 is 0.600 bits per heavy atom. The van der Waals surface area contributed by atoms with Crippen molar-refractivity contribution < 1.29 is 28.7 Å². The summed E-state index contributed by atoms with van der Waals surface area (Å²) in [5, 5.41) is 0. The quantitative estimate of drug-likeness (QED) is 0.472. The predicted octanol–water partition coefficient (Wildman–Crippen LogP) is 0.438. The molecule has 6 heteroatoms. The maximum atomic E-state index is 12.0. The average Bonchev–Trinajstić information content (AvgIpc) is 2.78. The summed E-state index contributed by atoms with van der Waals surface area (Å²) in [4.78, 5) is 47.9. The molecule has 4 aliphatic rings. The summed E-state index contributed by atoms with van der Waals surface area (Å²) in [7, 11) is 0. The molecule has 2 aliphatic heterocycles. The lowest BCUT2D eigenvalue weighted by Crippen LogP contribution is -2.50. The summed E-state index contributed by atoms with van der Waals surface area (Å²) >= 11 is 0. The Bertz CT molecular complexity index is 450. The van der Waals surface area contributed by atoms with Crippen LogP contribution in [0.5, 0.6) is 0 Å². The molecule has 106 valence electrons. The Balaban J connectivity index is 1.86. The number of fused-ring (bicyclic) bond motifs is 3. The largest absolute Gasteiger partial charge is 0.393 e. The zero-order valence-corrected chi connectivity index (χ0v) is 10.7. The lowest BCUT2D eigenvalue weighted by atomic mass is 9.55. The normalized spacial score (nSPS) is 46.4. The smallest absolute Gasteiger partial charge is 0.317 e. The highest BCUT2D eigenvalue weighted by Gasteiger charge is 2.66. The molecule has 2 heterocycles. The molecule has 2 saturated heterocycles. The molecule has 2 aliphatic carbocycles. The maximum Gasteiger partial charge on any atom is 0.317 e. The van der Waals surface area contributed by atoms with Crippen LogP contribution in [0.1, 0.15) is 25.7 Å². The standard InChI is InChI=1S/C14H14O6/c15-11-7-5-3-1-2-4-6(9(7)13(17)19-11)10-8(5)12(16)20-14(10)18/h5-10H,1-4H2/t5-,6+,7+,8-,9-,10?/m1/s1. The number of carbonyl (C=O) groups excluding carboxylic acids is 4. The lowest BCUT2D eigenvalue weighted by Gasteiger charge is -2.43. The maximum absolute atomic E-state index is 12.0. The monoisotopic (exact) mass is 278 g/mol. The summed E-state index contributed by atoms with van der Waals surface area (Å²) in [5.74, 6) is -4.94. The van der Waals surface area contributed by atoms with Crippen LogP contribution >= 0.6 is 0 Å². The Hall–Kier alpha value is -1.72. The van der Waals surface area contributed by atoms with Gasteiger partial charge in [0, 0.05) is 0 Å². The highest BCUT2D eigenvalue weighted by molar-refractivity contribution is 6.02. The predicted molar refractivity (Wildman–Crippen MR) is 61.6 cm³/mol. The van der Waals surface area contributed by atoms with Gasteiger partial charge in [-0.25, -0.2) is 0 Å². The lowest BCUT2D eigenvalue weighted by molar-refractivity contribution is -0.154. The molecular weight excluding hydrogens is 264 g/mol. The molecule has 4 rings (SSSR count). The fourth-order valence-electron chi connectivity index (χ4n) is 4.75. The van der Waals surface area contributed by atoms with Gasteiger partial charge in [-0.1, -0.05) is 12.8 Å². The van der Waals surface area contributed by atoms with Crippen LogP contribution in [0.3, 0.4) is 0 Å². The topological polar surface area (TPSA) is 86.7 Å². The first-order valence-corrected chi connectivity index (χ1v) is 7.10. The van der Waals surface area contributed by atoms with E-state index in [9.17, 15) is 19.2 Å². The van der Waals surface area contributed by atoms with Crippen LogP contribution in [0.25, 0.3) is 0 Å². The van der Waals surface area contributed by atoms with E-state index >= 15 is 0 Å². The SMILES string of the molecule is O=C1OC(=O)[C@H]2C1[C@H]1CCCC[C@@H]2[C@@H]2C(=O)OC(=O)[C@@H]21. The van der Waals surface area contributed by atoms with Crippen LogP contribution < -0.4 is 0 Å². The second kappa shape index (κ2) is 3.90. The zero-order valence-electron chi connectivity index (χ0n) is 10.7. The van der Waals surface area contributed by atoms with E-state index in [0.717, 1.165) is 12.8 Å². The van der Waals surface area contributed by atoms with Gasteiger partial charge in [0.1, 0.15) is 0 Å². The molecule has 0 aromatic carbocycles. The van der Waals surface area contributed by atoms with Crippen molar-refractivity contribution in [3.8, 4) is 0 Å². The molecule has 2 saturated carbocycles. The van der Waals surface area contributed by atoms with Gasteiger partial charge in [-0.2, -0.15) is 0 Å². The van der Waals surface area contributed by atoms with E-state index in [1.165, 1.54) is 0 Å². The van der Waals surface area contributed by atoms with Crippen LogP contribution in [0.2, 0.25) is 0 Å². The Labute approximate surface area is 114 Å². The van der Waals surface area contributed by atoms with Crippen molar-refractivity contribution in [1.82, 2.24) is 0 Å². The molecule has 2 bridgehead atoms. The van der Waals surface area contributed by atoms with E-state index in [4.69, 9.17) is 9.47 Å². The molecule has 0 spiro atoms. The van der Waals surface area contributed by atoms with Gasteiger partial charge in [0.25, 0.3) is 0 Å². The van der Waals surface area contributed by atoms with Crippen LogP contribution in [-0.2, 0) is 28.7 Å². The number of esters is 4. The molecule has 6 atom stereocenters. The molecule has 0 amide bonds. The summed E-state index contributed by atoms with van der Waals surface area (Å²) in [5.41, 5.74) is 0. The highest BCUT2D eigenvalue weighted by Crippen LogP contribution is 2.56. The van der Waals surface area contributed by atoms with Crippen molar-refractivity contribution in [2.75, 3.05) is 0 Å². The molecule has 0 N–H and O–H groups in total. The fourth-order valence-corrected chi connectivity index (χ4v) is 4.75. The molecule has 20 heavy (non-hydrogen) atoms. The van der Waals surface area contributed by atoms with Gasteiger partial charge in [-0.05, 0) is 24.7 Å². The van der Waals surface area contributed by atoms with Crippen molar-refractivity contribution in [2.24, 2.45) is 35.5 Å². The van der Waals surface area contributed by atoms with Crippen molar-refractivity contribution in [2.45, 2.75) is 25.7 Å². The van der Waals surface area contributed by atoms with E-state index in [1.54, 1.807) is 0 Å². The second-order valence-electron chi connectivity index (χ2n) is 6.20. The van der Waals surface area contributed by atoms with Gasteiger partial charge in [-0.3, -0.25) is 19.2 Å². The minimum Gasteiger partial charge on any atom is -0.393 e. The first-order valence-electron chi connectivity index (χ1n) is 7.10. The third-order valence-electron chi connectivity index (χ3n) is 5.43. The van der Waals surface area contributed by atoms with Gasteiger partial charge in [0.05, 0.1) is 23.7 Å². The number of cyclic esters (lactones) is 4. The Morgan fingerprint density at radius 2 is 0.900 bits per heavy atom. The molecule has 0 radical (unpaired) electrons. The molecule has 4 fully saturated rings. The third kappa shape index (κ3) is 1.34. The summed E-state index contributed by atoms with van der Waals surface area (Å²) < 4.78 is 9.59. The number of hydrogen-bond donors (Lipinski definition) is 0. The van der Waals surface area contributed by atoms with Gasteiger partial charge in [0.15, 0.2) is 0 Å². The number of rotatable bonds is 0. The molecule has 6 nitrogen and oxygen atoms in total. The summed E-state index contributed by atoms with van der Waals surface area (Å²) in [6.07, 6.45) is 3.13. The molecule has 1 unspecified atom stereocenters. The van der Waals surface area contributed by atoms with Gasteiger partial charge in [-0.15, -0.1) is 0 Å². The highest BCUT2D eigenvalue weighted by atomic mass is 16.6. The number of ether oxygens (including phenoxy) is 2. The zero-order chi connectivity index (χ0) is 14.0. The fraction of sp³-hybridized carbons (Fsp3) is 0.714. The van der Waals surface area contributed by atoms with E-state index in [0.29, 0.717) is 12.8 Å². The van der Waals surface area contributed by atoms with Gasteiger partial charge >= 0.3 is 23.9 Å². The first-order chi connectivity index (χ1) is 9.59. The molecule has 0 aromatic rings. The van der Waals surface area contributed by atoms with Crippen molar-refractivity contribution >= 4 is 23.9 Å². The minimum atomic E-state index is -0.563. The van der Waals surface area contributed by atoms with Crippen molar-refractivity contribution in [1.29, 1.82) is 0 Å². The summed E-state index contributed by atoms with van der Waals surface area (Å²) in [6, 6.07) is 0. The van der Waals surface area contributed by atoms with Crippen molar-refractivity contribution in [3.05, 3.63) is 0 Å². The number of carbonyl (C=O) groups is 4. The van der Waals surface area contributed by atoms with E-state index < -0.39 is 47.5 Å². The van der Waals surface area contributed by atoms with Gasteiger partial charge < -0.3 is 9.47 Å². The molecular formula is C14H14O6. The Morgan fingerprint density at radius 3 is 1.20 bits per heavy atom. The van der Waals surface area contributed by atoms with Crippen LogP contribution in [0.4, 0.5) is 0 Å². The van der Waals surface area contributed by atoms with Crippen molar-refractivity contribution in [3.63, 3.8) is 0 Å². The van der Waals surface area contributed by atoms with E-state index in [2.05, 4.69) is 0 Å². The van der Waals surface area contributed by atoms with E-state index in [-0.39, 0.29) is 11.8 Å². The first kappa shape index (κ1) is 12.1. The minimum absolute atomic E-state index is 0.292. The van der Waals surface area contributed by atoms with Crippen LogP contribution in [0, 0.1) is 35.5 Å². The third-order valence-corrected chi connectivity index (χ3v) is 5.43. The second-order valence-corrected chi connectivity index (χ2v) is 6.20. The molecule has 0 aromatic heterocycles. The van der Waals surface area contributed by atoms with Crippen LogP contribution in [0.15, 0.2) is 0 Å². The summed E-state index contributed by atoms with van der Waals surface area (Å²) in [6.45, 7) is 0.